The first kappa shape index (κ1) is 16.4. The second-order valence-corrected chi connectivity index (χ2v) is 5.97. The second kappa shape index (κ2) is 7.41. The lowest BCUT2D eigenvalue weighted by atomic mass is 9.89. The van der Waals surface area contributed by atoms with E-state index in [1.54, 1.807) is 0 Å². The number of carbonyl (C=O) groups is 1. The Morgan fingerprint density at radius 3 is 2.67 bits per heavy atom. The third-order valence-electron chi connectivity index (χ3n) is 4.31. The normalized spacial score (nSPS) is 16.0. The molecule has 0 unspecified atom stereocenters. The van der Waals surface area contributed by atoms with Crippen LogP contribution in [0.15, 0.2) is 58.8 Å². The molecular weight excluding hydrogens is 302 g/mol. The summed E-state index contributed by atoms with van der Waals surface area (Å²) in [4.78, 5) is 16.7. The van der Waals surface area contributed by atoms with Crippen LogP contribution in [-0.2, 0) is 11.2 Å². The van der Waals surface area contributed by atoms with E-state index in [9.17, 15) is 9.90 Å². The van der Waals surface area contributed by atoms with E-state index < -0.39 is 0 Å². The van der Waals surface area contributed by atoms with Gasteiger partial charge in [-0.2, -0.15) is 0 Å². The molecule has 0 bridgehead atoms. The van der Waals surface area contributed by atoms with Crippen LogP contribution in [0.25, 0.3) is 10.8 Å². The van der Waals surface area contributed by atoms with E-state index in [0.29, 0.717) is 37.0 Å². The number of hydrogen-bond donors (Lipinski definition) is 2. The van der Waals surface area contributed by atoms with E-state index in [1.165, 1.54) is 0 Å². The first-order chi connectivity index (χ1) is 11.7. The molecule has 0 amide bonds. The zero-order valence-corrected chi connectivity index (χ0v) is 13.5. The molecule has 2 aromatic rings. The Hall–Kier alpha value is -2.46. The van der Waals surface area contributed by atoms with Crippen molar-refractivity contribution in [2.24, 2.45) is 4.99 Å². The van der Waals surface area contributed by atoms with Gasteiger partial charge in [-0.25, -0.2) is 0 Å². The van der Waals surface area contributed by atoms with Crippen molar-refractivity contribution in [3.05, 3.63) is 59.4 Å². The third kappa shape index (κ3) is 3.39. The lowest BCUT2D eigenvalue weighted by Gasteiger charge is -2.18. The zero-order chi connectivity index (χ0) is 16.9. The number of hydrogen-bond acceptors (Lipinski definition) is 4. The first-order valence-corrected chi connectivity index (χ1v) is 8.27. The fourth-order valence-electron chi connectivity index (χ4n) is 3.19. The Kier molecular flexibility index (Phi) is 5.06. The molecule has 0 fully saturated rings. The number of carbonyl (C=O) groups excluding carboxylic acids is 1. The van der Waals surface area contributed by atoms with Crippen molar-refractivity contribution < 1.29 is 15.0 Å². The van der Waals surface area contributed by atoms with E-state index in [1.807, 2.05) is 42.5 Å². The molecule has 2 N–H and O–H groups in total. The summed E-state index contributed by atoms with van der Waals surface area (Å²) in [6.07, 6.45) is 2.09. The van der Waals surface area contributed by atoms with Crippen LogP contribution in [0.5, 0.6) is 0 Å². The molecule has 0 saturated carbocycles. The molecule has 3 rings (SSSR count). The predicted octanol–water partition coefficient (Wildman–Crippen LogP) is 3.38. The van der Waals surface area contributed by atoms with Gasteiger partial charge in [-0.1, -0.05) is 42.5 Å². The molecule has 124 valence electrons. The standard InChI is InChI=1S/C20H21NO3/c22-12-11-21-17(20-18(23)9-4-10-19(20)24)13-15-7-3-6-14-5-1-2-8-16(14)15/h1-3,5-8,22-23H,4,9-13H2. The van der Waals surface area contributed by atoms with Gasteiger partial charge in [0.25, 0.3) is 0 Å². The topological polar surface area (TPSA) is 69.9 Å². The number of rotatable bonds is 5. The average Bonchev–Trinajstić information content (AvgIpc) is 2.59. The largest absolute Gasteiger partial charge is 0.511 e. The smallest absolute Gasteiger partial charge is 0.168 e. The quantitative estimate of drug-likeness (QED) is 0.829. The lowest BCUT2D eigenvalue weighted by molar-refractivity contribution is -0.115. The maximum atomic E-state index is 12.3. The lowest BCUT2D eigenvalue weighted by Crippen LogP contribution is -2.22. The van der Waals surface area contributed by atoms with Crippen molar-refractivity contribution in [1.82, 2.24) is 0 Å². The molecule has 0 heterocycles. The van der Waals surface area contributed by atoms with Gasteiger partial charge in [-0.15, -0.1) is 0 Å². The minimum Gasteiger partial charge on any atom is -0.511 e. The van der Waals surface area contributed by atoms with Gasteiger partial charge in [0, 0.05) is 19.3 Å². The summed E-state index contributed by atoms with van der Waals surface area (Å²) in [5.74, 6) is 0.0684. The number of fused-ring (bicyclic) bond motifs is 1. The monoisotopic (exact) mass is 323 g/mol. The Labute approximate surface area is 141 Å². The van der Waals surface area contributed by atoms with Crippen molar-refractivity contribution >= 4 is 22.3 Å². The van der Waals surface area contributed by atoms with E-state index >= 15 is 0 Å². The van der Waals surface area contributed by atoms with E-state index in [0.717, 1.165) is 16.3 Å². The number of benzene rings is 2. The molecule has 1 aliphatic rings. The number of Topliss-reactive ketones (excluding diaryl/α,β-unsaturated/α-hetero) is 1. The highest BCUT2D eigenvalue weighted by Crippen LogP contribution is 2.25. The molecule has 0 radical (unpaired) electrons. The van der Waals surface area contributed by atoms with Gasteiger partial charge >= 0.3 is 0 Å². The summed E-state index contributed by atoms with van der Waals surface area (Å²) >= 11 is 0. The summed E-state index contributed by atoms with van der Waals surface area (Å²) in [6, 6.07) is 14.1. The molecule has 24 heavy (non-hydrogen) atoms. The Morgan fingerprint density at radius 2 is 1.88 bits per heavy atom. The highest BCUT2D eigenvalue weighted by Gasteiger charge is 2.25. The first-order valence-electron chi connectivity index (χ1n) is 8.27. The molecule has 0 saturated heterocycles. The molecule has 0 atom stereocenters. The molecule has 0 spiro atoms. The Bertz CT molecular complexity index is 815. The molecule has 0 aromatic heterocycles. The minimum absolute atomic E-state index is 0.0596. The van der Waals surface area contributed by atoms with Crippen LogP contribution in [-0.4, -0.2) is 34.9 Å². The van der Waals surface area contributed by atoms with Crippen molar-refractivity contribution in [2.45, 2.75) is 25.7 Å². The molecule has 4 nitrogen and oxygen atoms in total. The number of aliphatic hydroxyl groups is 2. The van der Waals surface area contributed by atoms with E-state index in [4.69, 9.17) is 5.11 Å². The minimum atomic E-state index is -0.0821. The number of allylic oxidation sites excluding steroid dienone is 2. The van der Waals surface area contributed by atoms with Crippen molar-refractivity contribution in [3.8, 4) is 0 Å². The number of aliphatic imine (C=N–C) groups is 1. The maximum absolute atomic E-state index is 12.3. The van der Waals surface area contributed by atoms with Gasteiger partial charge in [0.15, 0.2) is 5.78 Å². The van der Waals surface area contributed by atoms with E-state index in [-0.39, 0.29) is 24.7 Å². The summed E-state index contributed by atoms with van der Waals surface area (Å²) in [7, 11) is 0. The Morgan fingerprint density at radius 1 is 1.08 bits per heavy atom. The zero-order valence-electron chi connectivity index (χ0n) is 13.5. The molecule has 1 aliphatic carbocycles. The maximum Gasteiger partial charge on any atom is 0.168 e. The van der Waals surface area contributed by atoms with Crippen LogP contribution < -0.4 is 0 Å². The summed E-state index contributed by atoms with van der Waals surface area (Å²) in [5.41, 5.74) is 1.98. The van der Waals surface area contributed by atoms with Crippen molar-refractivity contribution in [1.29, 1.82) is 0 Å². The Balaban J connectivity index is 2.03. The average molecular weight is 323 g/mol. The van der Waals surface area contributed by atoms with Gasteiger partial charge in [0.05, 0.1) is 24.4 Å². The molecular formula is C20H21NO3. The number of aliphatic hydroxyl groups excluding tert-OH is 2. The van der Waals surface area contributed by atoms with Gasteiger partial charge in [-0.3, -0.25) is 9.79 Å². The summed E-state index contributed by atoms with van der Waals surface area (Å²) in [5, 5.41) is 21.6. The molecule has 0 aliphatic heterocycles. The number of ketones is 1. The molecule has 4 heteroatoms. The summed E-state index contributed by atoms with van der Waals surface area (Å²) < 4.78 is 0. The van der Waals surface area contributed by atoms with Gasteiger partial charge in [0.1, 0.15) is 5.76 Å². The SMILES string of the molecule is O=C1CCCC(O)=C1C(Cc1cccc2ccccc12)=NCCO. The van der Waals surface area contributed by atoms with Gasteiger partial charge in [-0.05, 0) is 22.8 Å². The summed E-state index contributed by atoms with van der Waals surface area (Å²) in [6.45, 7) is 0.144. The highest BCUT2D eigenvalue weighted by atomic mass is 16.3. The van der Waals surface area contributed by atoms with Crippen LogP contribution in [0, 0.1) is 0 Å². The fourth-order valence-corrected chi connectivity index (χ4v) is 3.19. The van der Waals surface area contributed by atoms with Gasteiger partial charge < -0.3 is 10.2 Å². The van der Waals surface area contributed by atoms with Crippen molar-refractivity contribution in [3.63, 3.8) is 0 Å². The van der Waals surface area contributed by atoms with Crippen LogP contribution in [0.1, 0.15) is 24.8 Å². The van der Waals surface area contributed by atoms with E-state index in [2.05, 4.69) is 4.99 Å². The number of nitrogens with zero attached hydrogens (tertiary/aromatic N) is 1. The second-order valence-electron chi connectivity index (χ2n) is 5.97. The fraction of sp³-hybridized carbons (Fsp3) is 0.300. The van der Waals surface area contributed by atoms with Gasteiger partial charge in [0.2, 0.25) is 0 Å². The van der Waals surface area contributed by atoms with Crippen LogP contribution in [0.4, 0.5) is 0 Å². The van der Waals surface area contributed by atoms with Crippen LogP contribution >= 0.6 is 0 Å². The molecule has 2 aromatic carbocycles. The van der Waals surface area contributed by atoms with Crippen molar-refractivity contribution in [2.75, 3.05) is 13.2 Å². The van der Waals surface area contributed by atoms with Crippen LogP contribution in [0.3, 0.4) is 0 Å². The van der Waals surface area contributed by atoms with Crippen LogP contribution in [0.2, 0.25) is 0 Å². The predicted molar refractivity (Wildman–Crippen MR) is 95.6 cm³/mol. The highest BCUT2D eigenvalue weighted by molar-refractivity contribution is 6.24. The third-order valence-corrected chi connectivity index (χ3v) is 4.31.